The van der Waals surface area contributed by atoms with Crippen LogP contribution in [0.4, 0.5) is 0 Å². The van der Waals surface area contributed by atoms with E-state index >= 15 is 0 Å². The van der Waals surface area contributed by atoms with E-state index < -0.39 is 5.97 Å². The lowest BCUT2D eigenvalue weighted by atomic mass is 9.84. The first kappa shape index (κ1) is 10.9. The molecule has 2 rings (SSSR count). The minimum Gasteiger partial charge on any atom is -0.481 e. The number of rotatable bonds is 3. The quantitative estimate of drug-likeness (QED) is 0.841. The van der Waals surface area contributed by atoms with Gasteiger partial charge in [0.25, 0.3) is 0 Å². The van der Waals surface area contributed by atoms with Crippen molar-refractivity contribution in [1.29, 1.82) is 0 Å². The molecule has 1 aromatic rings. The maximum atomic E-state index is 10.7. The van der Waals surface area contributed by atoms with E-state index in [1.165, 1.54) is 11.1 Å². The molecule has 0 radical (unpaired) electrons. The Morgan fingerprint density at radius 2 is 2.06 bits per heavy atom. The fourth-order valence-electron chi connectivity index (χ4n) is 2.30. The zero-order valence-electron chi connectivity index (χ0n) is 9.23. The van der Waals surface area contributed by atoms with E-state index in [2.05, 4.69) is 18.2 Å². The van der Waals surface area contributed by atoms with Gasteiger partial charge >= 0.3 is 5.97 Å². The third-order valence-corrected chi connectivity index (χ3v) is 3.08. The van der Waals surface area contributed by atoms with Crippen LogP contribution in [0.5, 0.6) is 0 Å². The Hall–Kier alpha value is -1.57. The Balaban J connectivity index is 2.07. The second-order valence-corrected chi connectivity index (χ2v) is 4.34. The fraction of sp³-hybridized carbons (Fsp3) is 0.357. The van der Waals surface area contributed by atoms with Crippen molar-refractivity contribution in [2.45, 2.75) is 25.7 Å². The number of carbonyl (C=O) groups is 1. The molecule has 2 heteroatoms. The van der Waals surface area contributed by atoms with Gasteiger partial charge < -0.3 is 5.11 Å². The Morgan fingerprint density at radius 3 is 2.75 bits per heavy atom. The zero-order chi connectivity index (χ0) is 11.4. The van der Waals surface area contributed by atoms with Crippen molar-refractivity contribution in [2.24, 2.45) is 5.92 Å². The Morgan fingerprint density at radius 1 is 1.31 bits per heavy atom. The molecule has 0 spiro atoms. The first-order valence-electron chi connectivity index (χ1n) is 5.72. The molecular weight excluding hydrogens is 200 g/mol. The molecule has 0 saturated heterocycles. The van der Waals surface area contributed by atoms with Gasteiger partial charge in [-0.2, -0.15) is 0 Å². The molecule has 1 N–H and O–H groups in total. The van der Waals surface area contributed by atoms with Crippen LogP contribution >= 0.6 is 0 Å². The maximum Gasteiger partial charge on any atom is 0.303 e. The molecule has 0 aliphatic heterocycles. The first-order chi connectivity index (χ1) is 7.75. The predicted octanol–water partition coefficient (Wildman–Crippen LogP) is 3.34. The maximum absolute atomic E-state index is 10.7. The summed E-state index contributed by atoms with van der Waals surface area (Å²) in [5.74, 6) is -0.378. The van der Waals surface area contributed by atoms with Crippen molar-refractivity contribution < 1.29 is 9.90 Å². The number of carboxylic acid groups (broad SMARTS) is 1. The van der Waals surface area contributed by atoms with Crippen LogP contribution in [0, 0.1) is 5.92 Å². The van der Waals surface area contributed by atoms with Crippen LogP contribution < -0.4 is 0 Å². The van der Waals surface area contributed by atoms with Crippen LogP contribution in [0.1, 0.15) is 31.2 Å². The number of hydrogen-bond donors (Lipinski definition) is 1. The summed E-state index contributed by atoms with van der Waals surface area (Å²) in [6.07, 6.45) is 5.44. The summed E-state index contributed by atoms with van der Waals surface area (Å²) in [5.41, 5.74) is 2.54. The van der Waals surface area contributed by atoms with E-state index in [0.29, 0.717) is 12.3 Å². The van der Waals surface area contributed by atoms with Crippen molar-refractivity contribution in [1.82, 2.24) is 0 Å². The molecule has 2 nitrogen and oxygen atoms in total. The number of aliphatic carboxylic acids is 1. The Kier molecular flexibility index (Phi) is 3.40. The monoisotopic (exact) mass is 216 g/mol. The summed E-state index contributed by atoms with van der Waals surface area (Å²) in [5, 5.41) is 8.80. The van der Waals surface area contributed by atoms with Crippen molar-refractivity contribution in [3.63, 3.8) is 0 Å². The van der Waals surface area contributed by atoms with Crippen LogP contribution in [-0.2, 0) is 4.79 Å². The van der Waals surface area contributed by atoms with E-state index in [1.54, 1.807) is 0 Å². The van der Waals surface area contributed by atoms with Crippen molar-refractivity contribution in [3.05, 3.63) is 42.0 Å². The molecule has 0 saturated carbocycles. The van der Waals surface area contributed by atoms with Crippen LogP contribution in [-0.4, -0.2) is 11.1 Å². The summed E-state index contributed by atoms with van der Waals surface area (Å²) in [6, 6.07) is 10.2. The van der Waals surface area contributed by atoms with Gasteiger partial charge in [0.2, 0.25) is 0 Å². The molecule has 0 heterocycles. The van der Waals surface area contributed by atoms with Gasteiger partial charge in [0.05, 0.1) is 0 Å². The number of allylic oxidation sites excluding steroid dienone is 2. The molecule has 84 valence electrons. The van der Waals surface area contributed by atoms with Gasteiger partial charge in [0.1, 0.15) is 0 Å². The molecule has 1 aliphatic carbocycles. The predicted molar refractivity (Wildman–Crippen MR) is 64.0 cm³/mol. The summed E-state index contributed by atoms with van der Waals surface area (Å²) in [6.45, 7) is 0. The van der Waals surface area contributed by atoms with E-state index in [4.69, 9.17) is 5.11 Å². The Labute approximate surface area is 95.6 Å². The van der Waals surface area contributed by atoms with E-state index in [-0.39, 0.29) is 0 Å². The van der Waals surface area contributed by atoms with Crippen LogP contribution in [0.25, 0.3) is 5.57 Å². The van der Waals surface area contributed by atoms with Gasteiger partial charge in [-0.25, -0.2) is 0 Å². The largest absolute Gasteiger partial charge is 0.481 e. The molecule has 1 aromatic carbocycles. The lowest BCUT2D eigenvalue weighted by Crippen LogP contribution is -2.11. The highest BCUT2D eigenvalue weighted by molar-refractivity contribution is 5.70. The first-order valence-corrected chi connectivity index (χ1v) is 5.72. The zero-order valence-corrected chi connectivity index (χ0v) is 9.23. The van der Waals surface area contributed by atoms with Crippen LogP contribution in [0.2, 0.25) is 0 Å². The average molecular weight is 216 g/mol. The third-order valence-electron chi connectivity index (χ3n) is 3.08. The standard InChI is InChI=1S/C14H16O2/c15-14(16)10-11-5-4-8-13(9-11)12-6-2-1-3-7-12/h1-3,6-8,11H,4-5,9-10H2,(H,15,16)/t11-/m1/s1. The third kappa shape index (κ3) is 2.72. The van der Waals surface area contributed by atoms with Crippen LogP contribution in [0.15, 0.2) is 36.4 Å². The summed E-state index contributed by atoms with van der Waals surface area (Å²) < 4.78 is 0. The molecule has 1 atom stereocenters. The van der Waals surface area contributed by atoms with Crippen LogP contribution in [0.3, 0.4) is 0 Å². The van der Waals surface area contributed by atoms with Gasteiger partial charge in [-0.05, 0) is 36.3 Å². The van der Waals surface area contributed by atoms with Crippen molar-refractivity contribution in [2.75, 3.05) is 0 Å². The molecule has 0 bridgehead atoms. The summed E-state index contributed by atoms with van der Waals surface area (Å²) >= 11 is 0. The average Bonchev–Trinajstić information content (AvgIpc) is 2.30. The minimum atomic E-state index is -0.681. The van der Waals surface area contributed by atoms with Crippen molar-refractivity contribution in [3.8, 4) is 0 Å². The SMILES string of the molecule is O=C(O)C[C@@H]1CCC=C(c2ccccc2)C1. The van der Waals surface area contributed by atoms with E-state index in [1.807, 2.05) is 18.2 Å². The van der Waals surface area contributed by atoms with Gasteiger partial charge in [0, 0.05) is 6.42 Å². The molecule has 16 heavy (non-hydrogen) atoms. The molecule has 0 unspecified atom stereocenters. The summed E-state index contributed by atoms with van der Waals surface area (Å²) in [7, 11) is 0. The summed E-state index contributed by atoms with van der Waals surface area (Å²) in [4.78, 5) is 10.7. The smallest absolute Gasteiger partial charge is 0.303 e. The van der Waals surface area contributed by atoms with Gasteiger partial charge in [0.15, 0.2) is 0 Å². The number of benzene rings is 1. The van der Waals surface area contributed by atoms with Gasteiger partial charge in [-0.1, -0.05) is 36.4 Å². The lowest BCUT2D eigenvalue weighted by molar-refractivity contribution is -0.138. The van der Waals surface area contributed by atoms with Gasteiger partial charge in [-0.3, -0.25) is 4.79 Å². The second-order valence-electron chi connectivity index (χ2n) is 4.34. The molecular formula is C14H16O2. The molecule has 0 fully saturated rings. The highest BCUT2D eigenvalue weighted by Gasteiger charge is 2.18. The number of carboxylic acids is 1. The second kappa shape index (κ2) is 4.97. The fourth-order valence-corrected chi connectivity index (χ4v) is 2.30. The van der Waals surface area contributed by atoms with Gasteiger partial charge in [-0.15, -0.1) is 0 Å². The van der Waals surface area contributed by atoms with E-state index in [0.717, 1.165) is 19.3 Å². The Bertz CT molecular complexity index is 392. The van der Waals surface area contributed by atoms with E-state index in [9.17, 15) is 4.79 Å². The highest BCUT2D eigenvalue weighted by Crippen LogP contribution is 2.32. The van der Waals surface area contributed by atoms with Crippen molar-refractivity contribution >= 4 is 11.5 Å². The minimum absolute atomic E-state index is 0.296. The highest BCUT2D eigenvalue weighted by atomic mass is 16.4. The molecule has 0 aromatic heterocycles. The molecule has 1 aliphatic rings. The lowest BCUT2D eigenvalue weighted by Gasteiger charge is -2.21. The topological polar surface area (TPSA) is 37.3 Å². The normalized spacial score (nSPS) is 20.2. The number of hydrogen-bond acceptors (Lipinski definition) is 1. The molecule has 0 amide bonds.